The van der Waals surface area contributed by atoms with Crippen molar-refractivity contribution in [1.82, 2.24) is 24.8 Å². The molecular formula is C28H32N6O3. The molecule has 37 heavy (non-hydrogen) atoms. The number of fused-ring (bicyclic) bond motifs is 1. The van der Waals surface area contributed by atoms with E-state index in [0.717, 1.165) is 18.7 Å². The fraction of sp³-hybridized carbons (Fsp3) is 0.321. The molecule has 2 amide bonds. The summed E-state index contributed by atoms with van der Waals surface area (Å²) in [5, 5.41) is 5.82. The molecule has 0 radical (unpaired) electrons. The van der Waals surface area contributed by atoms with Gasteiger partial charge in [0.1, 0.15) is 18.2 Å². The van der Waals surface area contributed by atoms with Crippen molar-refractivity contribution in [3.8, 4) is 5.82 Å². The van der Waals surface area contributed by atoms with Gasteiger partial charge < -0.3 is 10.6 Å². The minimum atomic E-state index is -0.343. The van der Waals surface area contributed by atoms with Crippen LogP contribution in [0.1, 0.15) is 39.5 Å². The van der Waals surface area contributed by atoms with Gasteiger partial charge >= 0.3 is 5.69 Å². The molecule has 9 heteroatoms. The zero-order chi connectivity index (χ0) is 26.2. The number of amides is 2. The van der Waals surface area contributed by atoms with E-state index < -0.39 is 0 Å². The fourth-order valence-corrected chi connectivity index (χ4v) is 4.16. The Bertz CT molecular complexity index is 1410. The fourth-order valence-electron chi connectivity index (χ4n) is 4.16. The van der Waals surface area contributed by atoms with Crippen molar-refractivity contribution in [2.24, 2.45) is 10.9 Å². The molecule has 1 atom stereocenters. The van der Waals surface area contributed by atoms with Gasteiger partial charge in [-0.05, 0) is 49.1 Å². The molecule has 0 bridgehead atoms. The van der Waals surface area contributed by atoms with Crippen LogP contribution in [0, 0.1) is 5.92 Å². The number of carbonyl (C=O) groups excluding carboxylic acids is 2. The largest absolute Gasteiger partial charge is 0.335 e. The summed E-state index contributed by atoms with van der Waals surface area (Å²) in [4.78, 5) is 47.7. The summed E-state index contributed by atoms with van der Waals surface area (Å²) >= 11 is 0. The van der Waals surface area contributed by atoms with Crippen molar-refractivity contribution >= 4 is 28.7 Å². The van der Waals surface area contributed by atoms with Crippen molar-refractivity contribution in [3.05, 3.63) is 83.1 Å². The molecule has 0 saturated carbocycles. The van der Waals surface area contributed by atoms with E-state index in [0.29, 0.717) is 35.5 Å². The van der Waals surface area contributed by atoms with Gasteiger partial charge in [-0.1, -0.05) is 44.2 Å². The van der Waals surface area contributed by atoms with Gasteiger partial charge in [-0.3, -0.25) is 19.1 Å². The van der Waals surface area contributed by atoms with Crippen LogP contribution in [0.15, 0.2) is 82.4 Å². The van der Waals surface area contributed by atoms with E-state index in [1.165, 1.54) is 9.13 Å². The highest BCUT2D eigenvalue weighted by molar-refractivity contribution is 5.98. The normalized spacial score (nSPS) is 16.8. The Hall–Kier alpha value is -4.27. The molecule has 1 unspecified atom stereocenters. The van der Waals surface area contributed by atoms with Crippen LogP contribution in [0.25, 0.3) is 16.9 Å². The lowest BCUT2D eigenvalue weighted by Crippen LogP contribution is -2.32. The number of rotatable bonds is 6. The Morgan fingerprint density at radius 3 is 2.68 bits per heavy atom. The quantitative estimate of drug-likeness (QED) is 0.540. The maximum absolute atomic E-state index is 13.3. The second-order valence-electron chi connectivity index (χ2n) is 9.05. The van der Waals surface area contributed by atoms with Crippen LogP contribution in [0.5, 0.6) is 0 Å². The third kappa shape index (κ3) is 6.49. The summed E-state index contributed by atoms with van der Waals surface area (Å²) in [7, 11) is 0. The van der Waals surface area contributed by atoms with Gasteiger partial charge in [0.15, 0.2) is 0 Å². The third-order valence-electron chi connectivity index (χ3n) is 5.98. The maximum atomic E-state index is 13.3. The molecule has 0 spiro atoms. The van der Waals surface area contributed by atoms with E-state index in [9.17, 15) is 14.4 Å². The smallest absolute Gasteiger partial charge is 0.325 e. The lowest BCUT2D eigenvalue weighted by Gasteiger charge is -2.12. The number of carbonyl (C=O) groups is 2. The summed E-state index contributed by atoms with van der Waals surface area (Å²) in [6, 6.07) is 12.7. The van der Waals surface area contributed by atoms with E-state index in [1.54, 1.807) is 18.3 Å². The van der Waals surface area contributed by atoms with E-state index in [2.05, 4.69) is 27.5 Å². The Kier molecular flexibility index (Phi) is 8.45. The minimum absolute atomic E-state index is 0.0970. The maximum Gasteiger partial charge on any atom is 0.335 e. The Morgan fingerprint density at radius 1 is 1.14 bits per heavy atom. The average Bonchev–Trinajstić information content (AvgIpc) is 3.16. The third-order valence-corrected chi connectivity index (χ3v) is 5.98. The van der Waals surface area contributed by atoms with E-state index in [1.807, 2.05) is 55.5 Å². The monoisotopic (exact) mass is 500 g/mol. The first-order chi connectivity index (χ1) is 18.0. The molecule has 2 N–H and O–H groups in total. The van der Waals surface area contributed by atoms with Crippen LogP contribution < -0.4 is 16.3 Å². The topological polar surface area (TPSA) is 110 Å². The molecule has 192 valence electrons. The number of benzene rings is 1. The van der Waals surface area contributed by atoms with Gasteiger partial charge in [0, 0.05) is 31.3 Å². The molecule has 9 nitrogen and oxygen atoms in total. The first kappa shape index (κ1) is 25.8. The predicted molar refractivity (Wildman–Crippen MR) is 144 cm³/mol. The number of amidine groups is 1. The number of hydrogen-bond donors (Lipinski definition) is 2. The van der Waals surface area contributed by atoms with E-state index >= 15 is 0 Å². The van der Waals surface area contributed by atoms with E-state index in [4.69, 9.17) is 0 Å². The molecule has 1 aliphatic heterocycles. The van der Waals surface area contributed by atoms with Crippen molar-refractivity contribution in [3.63, 3.8) is 0 Å². The Morgan fingerprint density at radius 2 is 1.92 bits per heavy atom. The van der Waals surface area contributed by atoms with Crippen molar-refractivity contribution in [1.29, 1.82) is 0 Å². The van der Waals surface area contributed by atoms with Crippen molar-refractivity contribution < 1.29 is 9.59 Å². The number of aliphatic imine (C=N–C) groups is 1. The number of hydrogen-bond acceptors (Lipinski definition) is 5. The number of pyridine rings is 1. The number of aromatic nitrogens is 3. The van der Waals surface area contributed by atoms with Gasteiger partial charge in [0.05, 0.1) is 11.0 Å². The highest BCUT2D eigenvalue weighted by atomic mass is 16.2. The number of nitrogens with one attached hydrogen (secondary N) is 2. The lowest BCUT2D eigenvalue weighted by atomic mass is 10.1. The van der Waals surface area contributed by atoms with Gasteiger partial charge in [-0.2, -0.15) is 0 Å². The summed E-state index contributed by atoms with van der Waals surface area (Å²) < 4.78 is 2.95. The average molecular weight is 501 g/mol. The summed E-state index contributed by atoms with van der Waals surface area (Å²) in [5.41, 5.74) is 1.56. The molecular weight excluding hydrogens is 468 g/mol. The lowest BCUT2D eigenvalue weighted by molar-refractivity contribution is -0.121. The predicted octanol–water partition coefficient (Wildman–Crippen LogP) is 3.49. The van der Waals surface area contributed by atoms with Gasteiger partial charge in [0.25, 0.3) is 0 Å². The molecule has 0 fully saturated rings. The van der Waals surface area contributed by atoms with Gasteiger partial charge in [-0.15, -0.1) is 0 Å². The van der Waals surface area contributed by atoms with Crippen molar-refractivity contribution in [2.75, 3.05) is 6.54 Å². The number of nitrogens with zero attached hydrogens (tertiary/aromatic N) is 4. The molecule has 1 aliphatic rings. The van der Waals surface area contributed by atoms with Gasteiger partial charge in [0.2, 0.25) is 11.8 Å². The summed E-state index contributed by atoms with van der Waals surface area (Å²) in [5.74, 6) is 0.892. The van der Waals surface area contributed by atoms with E-state index in [-0.39, 0.29) is 36.4 Å². The highest BCUT2D eigenvalue weighted by Gasteiger charge is 2.17. The van der Waals surface area contributed by atoms with Crippen LogP contribution in [-0.4, -0.2) is 38.3 Å². The SMILES string of the molecule is CCCC1=NCC(C)C=CC(NC(=O)Cn2c(=O)n(-c3ccccn3)c3ccccc32)=CCCC(=O)N1. The number of para-hydroxylation sites is 2. The first-order valence-electron chi connectivity index (χ1n) is 12.6. The number of allylic oxidation sites excluding steroid dienone is 2. The van der Waals surface area contributed by atoms with Crippen LogP contribution in [0.2, 0.25) is 0 Å². The molecule has 4 rings (SSSR count). The highest BCUT2D eigenvalue weighted by Crippen LogP contribution is 2.16. The first-order valence-corrected chi connectivity index (χ1v) is 12.6. The zero-order valence-electron chi connectivity index (χ0n) is 21.2. The minimum Gasteiger partial charge on any atom is -0.325 e. The number of imidazole rings is 1. The van der Waals surface area contributed by atoms with Crippen LogP contribution in [-0.2, 0) is 16.1 Å². The second kappa shape index (κ2) is 12.1. The molecule has 3 aromatic rings. The molecule has 2 aromatic heterocycles. The standard InChI is InChI=1S/C28H32N6O3/c1-3-9-24-30-18-20(2)15-16-21(10-8-14-26(35)32-24)31-27(36)19-33-22-11-4-5-12-23(22)34(28(33)37)25-13-6-7-17-29-25/h4-7,10-13,15-17,20H,3,8-9,14,18-19H2,1-2H3,(H,31,36)(H,30,32,35). The molecule has 3 heterocycles. The Labute approximate surface area is 215 Å². The molecule has 0 saturated heterocycles. The van der Waals surface area contributed by atoms with Crippen molar-refractivity contribution in [2.45, 2.75) is 46.1 Å². The van der Waals surface area contributed by atoms with Crippen LogP contribution >= 0.6 is 0 Å². The molecule has 0 aliphatic carbocycles. The second-order valence-corrected chi connectivity index (χ2v) is 9.05. The summed E-state index contributed by atoms with van der Waals surface area (Å²) in [6.07, 6.45) is 9.66. The molecule has 1 aromatic carbocycles. The summed E-state index contributed by atoms with van der Waals surface area (Å²) in [6.45, 7) is 4.46. The van der Waals surface area contributed by atoms with Crippen LogP contribution in [0.3, 0.4) is 0 Å². The Balaban J connectivity index is 1.55. The van der Waals surface area contributed by atoms with Gasteiger partial charge in [-0.25, -0.2) is 14.3 Å². The van der Waals surface area contributed by atoms with Crippen LogP contribution in [0.4, 0.5) is 0 Å². The zero-order valence-corrected chi connectivity index (χ0v) is 21.2.